The molecule has 1 aliphatic rings. The molecule has 3 aromatic rings. The summed E-state index contributed by atoms with van der Waals surface area (Å²) in [6, 6.07) is 8.52. The van der Waals surface area contributed by atoms with Crippen molar-refractivity contribution in [2.45, 2.75) is 33.6 Å². The largest absolute Gasteiger partial charge is 0.493 e. The van der Waals surface area contributed by atoms with Crippen molar-refractivity contribution in [1.82, 2.24) is 10.3 Å². The first kappa shape index (κ1) is 27.2. The van der Waals surface area contributed by atoms with Gasteiger partial charge in [-0.25, -0.2) is 4.39 Å². The lowest BCUT2D eigenvalue weighted by molar-refractivity contribution is -0.127. The predicted octanol–water partition coefficient (Wildman–Crippen LogP) is 5.71. The molecular weight excluding hydrogens is 489 g/mol. The third-order valence-corrected chi connectivity index (χ3v) is 6.46. The maximum atomic E-state index is 15.2. The van der Waals surface area contributed by atoms with E-state index in [1.807, 2.05) is 6.92 Å². The summed E-state index contributed by atoms with van der Waals surface area (Å²) >= 11 is 0. The van der Waals surface area contributed by atoms with Gasteiger partial charge in [-0.2, -0.15) is 0 Å². The molecule has 1 fully saturated rings. The number of nitrogens with zero attached hydrogens (tertiary/aromatic N) is 1. The first-order valence-electron chi connectivity index (χ1n) is 12.6. The van der Waals surface area contributed by atoms with Crippen molar-refractivity contribution in [3.05, 3.63) is 53.5 Å². The number of aromatic nitrogens is 1. The lowest BCUT2D eigenvalue weighted by Crippen LogP contribution is -2.48. The Balaban J connectivity index is 1.43. The molecule has 2 heterocycles. The summed E-state index contributed by atoms with van der Waals surface area (Å²) in [5.74, 6) is 0.929. The topological polar surface area (TPSA) is 94.2 Å². The van der Waals surface area contributed by atoms with Crippen LogP contribution in [0.2, 0.25) is 0 Å². The van der Waals surface area contributed by atoms with Crippen LogP contribution in [0, 0.1) is 18.2 Å². The van der Waals surface area contributed by atoms with Gasteiger partial charge in [0.1, 0.15) is 5.76 Å². The quantitative estimate of drug-likeness (QED) is 0.180. The number of hydrogen-bond acceptors (Lipinski definition) is 6. The summed E-state index contributed by atoms with van der Waals surface area (Å²) in [5.41, 5.74) is 2.65. The van der Waals surface area contributed by atoms with E-state index in [9.17, 15) is 4.79 Å². The number of carbonyl (C=O) groups is 1. The number of ether oxygens (including phenoxy) is 4. The highest BCUT2D eigenvalue weighted by Crippen LogP contribution is 2.40. The molecule has 2 N–H and O–H groups in total. The maximum absolute atomic E-state index is 15.2. The smallest absolute Gasteiger partial charge is 0.220 e. The van der Waals surface area contributed by atoms with E-state index < -0.39 is 5.82 Å². The molecule has 0 spiro atoms. The molecular formula is C29H34FN3O5. The molecule has 0 unspecified atom stereocenters. The molecule has 8 nitrogen and oxygen atoms in total. The van der Waals surface area contributed by atoms with Crippen LogP contribution in [0.25, 0.3) is 16.7 Å². The van der Waals surface area contributed by atoms with E-state index in [1.54, 1.807) is 43.3 Å². The average Bonchev–Trinajstić information content (AvgIpc) is 3.29. The van der Waals surface area contributed by atoms with Crippen LogP contribution in [0.15, 0.2) is 41.4 Å². The van der Waals surface area contributed by atoms with Crippen molar-refractivity contribution in [3.8, 4) is 17.2 Å². The number of methoxy groups -OCH3 is 1. The van der Waals surface area contributed by atoms with Crippen LogP contribution in [0.3, 0.4) is 0 Å². The van der Waals surface area contributed by atoms with E-state index in [0.717, 1.165) is 5.69 Å². The molecule has 0 atom stereocenters. The summed E-state index contributed by atoms with van der Waals surface area (Å²) in [7, 11) is 1.53. The Morgan fingerprint density at radius 2 is 2.05 bits per heavy atom. The molecule has 9 heteroatoms. The number of aromatic amines is 1. The number of hydrogen-bond donors (Lipinski definition) is 2. The van der Waals surface area contributed by atoms with Crippen LogP contribution in [0.1, 0.15) is 37.9 Å². The van der Waals surface area contributed by atoms with Crippen molar-refractivity contribution >= 4 is 35.0 Å². The van der Waals surface area contributed by atoms with Crippen LogP contribution >= 0.6 is 0 Å². The Kier molecular flexibility index (Phi) is 8.36. The number of carbonyl (C=O) groups excluding carboxylic acids is 1. The number of halogens is 1. The summed E-state index contributed by atoms with van der Waals surface area (Å²) in [6.45, 7) is 11.7. The second-order valence-corrected chi connectivity index (χ2v) is 9.76. The lowest BCUT2D eigenvalue weighted by atomic mass is 9.89. The van der Waals surface area contributed by atoms with E-state index in [-0.39, 0.29) is 17.1 Å². The number of H-pyrrole nitrogens is 1. The number of allylic oxidation sites excluding steroid dienone is 1. The van der Waals surface area contributed by atoms with Crippen LogP contribution in [-0.2, 0) is 9.53 Å². The number of amides is 1. The molecule has 1 saturated heterocycles. The number of aryl methyl sites for hydroxylation is 1. The summed E-state index contributed by atoms with van der Waals surface area (Å²) in [5, 5.41) is 3.41. The Morgan fingerprint density at radius 3 is 2.71 bits per heavy atom. The van der Waals surface area contributed by atoms with Gasteiger partial charge < -0.3 is 29.2 Å². The second-order valence-electron chi connectivity index (χ2n) is 9.76. The first-order chi connectivity index (χ1) is 18.3. The average molecular weight is 524 g/mol. The SMILES string of the molecule is C=Nc1cc(OCCCC(=O)NCC2(C)COC2)c(OC)cc1C(=CC)Oc1ccc2[nH]c(C)cc2c1F. The highest BCUT2D eigenvalue weighted by atomic mass is 19.1. The fourth-order valence-corrected chi connectivity index (χ4v) is 4.27. The molecule has 1 aromatic heterocycles. The van der Waals surface area contributed by atoms with E-state index >= 15 is 4.39 Å². The number of aliphatic imine (C=N–C) groups is 1. The minimum atomic E-state index is -0.453. The highest BCUT2D eigenvalue weighted by Gasteiger charge is 2.33. The minimum Gasteiger partial charge on any atom is -0.493 e. The molecule has 0 radical (unpaired) electrons. The van der Waals surface area contributed by atoms with E-state index in [2.05, 4.69) is 28.9 Å². The third-order valence-electron chi connectivity index (χ3n) is 6.46. The lowest BCUT2D eigenvalue weighted by Gasteiger charge is -2.38. The molecule has 2 aromatic carbocycles. The summed E-state index contributed by atoms with van der Waals surface area (Å²) in [6.07, 6.45) is 2.60. The second kappa shape index (κ2) is 11.7. The molecule has 4 rings (SSSR count). The van der Waals surface area contributed by atoms with Gasteiger partial charge in [0.05, 0.1) is 32.6 Å². The third kappa shape index (κ3) is 5.99. The zero-order valence-corrected chi connectivity index (χ0v) is 22.3. The Morgan fingerprint density at radius 1 is 1.26 bits per heavy atom. The number of fused-ring (bicyclic) bond motifs is 1. The molecule has 1 aliphatic heterocycles. The van der Waals surface area contributed by atoms with E-state index in [1.165, 1.54) is 7.11 Å². The Hall–Kier alpha value is -3.85. The van der Waals surface area contributed by atoms with Gasteiger partial charge in [-0.05, 0) is 57.3 Å². The highest BCUT2D eigenvalue weighted by molar-refractivity contribution is 5.84. The van der Waals surface area contributed by atoms with Crippen molar-refractivity contribution < 1.29 is 28.1 Å². The van der Waals surface area contributed by atoms with Crippen LogP contribution in [0.5, 0.6) is 17.2 Å². The van der Waals surface area contributed by atoms with Gasteiger partial charge in [0, 0.05) is 46.6 Å². The number of nitrogens with one attached hydrogen (secondary N) is 2. The number of benzene rings is 2. The van der Waals surface area contributed by atoms with Gasteiger partial charge in [-0.3, -0.25) is 9.79 Å². The zero-order chi connectivity index (χ0) is 27.3. The molecule has 0 aliphatic carbocycles. The summed E-state index contributed by atoms with van der Waals surface area (Å²) < 4.78 is 37.8. The minimum absolute atomic E-state index is 0.0208. The fourth-order valence-electron chi connectivity index (χ4n) is 4.27. The molecule has 0 bridgehead atoms. The van der Waals surface area contributed by atoms with E-state index in [0.29, 0.717) is 78.6 Å². The van der Waals surface area contributed by atoms with Gasteiger partial charge in [-0.1, -0.05) is 6.92 Å². The Labute approximate surface area is 221 Å². The fraction of sp³-hybridized carbons (Fsp3) is 0.379. The molecule has 202 valence electrons. The van der Waals surface area contributed by atoms with Crippen molar-refractivity contribution in [1.29, 1.82) is 0 Å². The van der Waals surface area contributed by atoms with Crippen molar-refractivity contribution in [2.24, 2.45) is 10.4 Å². The molecule has 38 heavy (non-hydrogen) atoms. The van der Waals surface area contributed by atoms with Gasteiger partial charge in [-0.15, -0.1) is 0 Å². The Bertz CT molecular complexity index is 1360. The van der Waals surface area contributed by atoms with E-state index in [4.69, 9.17) is 18.9 Å². The van der Waals surface area contributed by atoms with Crippen LogP contribution in [0.4, 0.5) is 10.1 Å². The summed E-state index contributed by atoms with van der Waals surface area (Å²) in [4.78, 5) is 19.4. The van der Waals surface area contributed by atoms with Gasteiger partial charge in [0.15, 0.2) is 23.1 Å². The van der Waals surface area contributed by atoms with Gasteiger partial charge in [0.2, 0.25) is 5.91 Å². The van der Waals surface area contributed by atoms with Crippen molar-refractivity contribution in [2.75, 3.05) is 33.5 Å². The van der Waals surface area contributed by atoms with Gasteiger partial charge in [0.25, 0.3) is 0 Å². The molecule has 1 amide bonds. The number of rotatable bonds is 12. The zero-order valence-electron chi connectivity index (χ0n) is 22.3. The maximum Gasteiger partial charge on any atom is 0.220 e. The standard InChI is InChI=1S/C29H34FN3O5/c1-6-23(38-24-10-9-21-20(28(24)30)12-18(2)33-21)19-13-25(35-5)26(14-22(19)31-4)37-11-7-8-27(34)32-15-29(3)16-36-17-29/h6,9-10,12-14,33H,4,7-8,11,15-17H2,1-3,5H3,(H,32,34). The normalized spacial score (nSPS) is 14.6. The van der Waals surface area contributed by atoms with Crippen LogP contribution in [-0.4, -0.2) is 51.1 Å². The first-order valence-corrected chi connectivity index (χ1v) is 12.6. The van der Waals surface area contributed by atoms with Crippen LogP contribution < -0.4 is 19.5 Å². The predicted molar refractivity (Wildman–Crippen MR) is 146 cm³/mol. The molecule has 0 saturated carbocycles. The van der Waals surface area contributed by atoms with Crippen molar-refractivity contribution in [3.63, 3.8) is 0 Å². The van der Waals surface area contributed by atoms with Gasteiger partial charge >= 0.3 is 0 Å². The monoisotopic (exact) mass is 523 g/mol.